The van der Waals surface area contributed by atoms with Gasteiger partial charge in [-0.15, -0.1) is 0 Å². The molecule has 0 unspecified atom stereocenters. The molecule has 1 amide bonds. The lowest BCUT2D eigenvalue weighted by atomic mass is 10.1. The van der Waals surface area contributed by atoms with Crippen molar-refractivity contribution < 1.29 is 9.53 Å². The predicted molar refractivity (Wildman–Crippen MR) is 115 cm³/mol. The third-order valence-corrected chi connectivity index (χ3v) is 6.53. The van der Waals surface area contributed by atoms with Gasteiger partial charge in [0.05, 0.1) is 12.7 Å². The minimum Gasteiger partial charge on any atom is -0.497 e. The van der Waals surface area contributed by atoms with Gasteiger partial charge in [-0.25, -0.2) is 4.99 Å². The van der Waals surface area contributed by atoms with Crippen LogP contribution in [0.15, 0.2) is 56.7 Å². The standard InChI is InChI=1S/C20H15BrN4O3S/c1-28-13-5-6-15-14(8-13)16(18(26)23-15)17-19(27)25-10-24(9-22-20(25)29-17)12-4-2-3-11(21)7-12/h2-8H,9-10H2,1H3,(H,23,26)/b17-16-. The molecule has 146 valence electrons. The molecule has 0 atom stereocenters. The summed E-state index contributed by atoms with van der Waals surface area (Å²) in [6, 6.07) is 13.2. The highest BCUT2D eigenvalue weighted by molar-refractivity contribution is 9.10. The summed E-state index contributed by atoms with van der Waals surface area (Å²) in [5.41, 5.74) is 2.48. The topological polar surface area (TPSA) is 75.9 Å². The van der Waals surface area contributed by atoms with Gasteiger partial charge in [-0.2, -0.15) is 0 Å². The minimum atomic E-state index is -0.284. The number of hydrogen-bond acceptors (Lipinski definition) is 6. The molecule has 0 radical (unpaired) electrons. The largest absolute Gasteiger partial charge is 0.497 e. The first-order chi connectivity index (χ1) is 14.0. The van der Waals surface area contributed by atoms with E-state index in [1.54, 1.807) is 29.9 Å². The van der Waals surface area contributed by atoms with Gasteiger partial charge < -0.3 is 15.0 Å². The highest BCUT2D eigenvalue weighted by Crippen LogP contribution is 2.33. The zero-order chi connectivity index (χ0) is 20.1. The van der Waals surface area contributed by atoms with Crippen LogP contribution in [0.1, 0.15) is 5.56 Å². The molecule has 0 aliphatic carbocycles. The quantitative estimate of drug-likeness (QED) is 0.620. The third kappa shape index (κ3) is 2.97. The molecule has 0 saturated carbocycles. The van der Waals surface area contributed by atoms with Crippen LogP contribution in [-0.2, 0) is 11.5 Å². The third-order valence-electron chi connectivity index (χ3n) is 4.92. The van der Waals surface area contributed by atoms with E-state index >= 15 is 0 Å². The van der Waals surface area contributed by atoms with Gasteiger partial charge in [-0.1, -0.05) is 33.3 Å². The summed E-state index contributed by atoms with van der Waals surface area (Å²) in [6.45, 7) is 0.826. The van der Waals surface area contributed by atoms with Crippen molar-refractivity contribution in [1.82, 2.24) is 4.57 Å². The Hall–Kier alpha value is -2.91. The molecule has 3 aromatic rings. The van der Waals surface area contributed by atoms with Crippen LogP contribution in [0.5, 0.6) is 5.75 Å². The number of nitrogens with zero attached hydrogens (tertiary/aromatic N) is 3. The molecule has 0 bridgehead atoms. The summed E-state index contributed by atoms with van der Waals surface area (Å²) >= 11 is 4.73. The molecular weight excluding hydrogens is 456 g/mol. The van der Waals surface area contributed by atoms with E-state index in [0.717, 1.165) is 10.2 Å². The summed E-state index contributed by atoms with van der Waals surface area (Å²) in [6.07, 6.45) is 0. The molecule has 1 aromatic heterocycles. The molecular formula is C20H15BrN4O3S. The van der Waals surface area contributed by atoms with Crippen molar-refractivity contribution in [3.63, 3.8) is 0 Å². The van der Waals surface area contributed by atoms with Gasteiger partial charge in [-0.3, -0.25) is 14.2 Å². The molecule has 0 fully saturated rings. The van der Waals surface area contributed by atoms with E-state index in [9.17, 15) is 9.59 Å². The number of halogens is 1. The molecule has 5 rings (SSSR count). The summed E-state index contributed by atoms with van der Waals surface area (Å²) < 4.78 is 8.25. The zero-order valence-electron chi connectivity index (χ0n) is 15.3. The van der Waals surface area contributed by atoms with Crippen molar-refractivity contribution in [3.8, 4) is 5.75 Å². The lowest BCUT2D eigenvalue weighted by Crippen LogP contribution is -2.43. The van der Waals surface area contributed by atoms with Gasteiger partial charge in [-0.05, 0) is 36.4 Å². The Morgan fingerprint density at radius 1 is 1.21 bits per heavy atom. The number of amides is 1. The van der Waals surface area contributed by atoms with Crippen molar-refractivity contribution in [2.45, 2.75) is 6.67 Å². The van der Waals surface area contributed by atoms with E-state index in [2.05, 4.69) is 26.2 Å². The smallest absolute Gasteiger partial charge is 0.272 e. The van der Waals surface area contributed by atoms with Crippen molar-refractivity contribution in [3.05, 3.63) is 72.2 Å². The molecule has 1 N–H and O–H groups in total. The lowest BCUT2D eigenvalue weighted by Gasteiger charge is -2.25. The van der Waals surface area contributed by atoms with Gasteiger partial charge in [0, 0.05) is 21.4 Å². The zero-order valence-corrected chi connectivity index (χ0v) is 17.7. The van der Waals surface area contributed by atoms with Gasteiger partial charge >= 0.3 is 0 Å². The predicted octanol–water partition coefficient (Wildman–Crippen LogP) is 1.89. The first kappa shape index (κ1) is 18.1. The number of fused-ring (bicyclic) bond motifs is 2. The van der Waals surface area contributed by atoms with Gasteiger partial charge in [0.2, 0.25) is 0 Å². The second-order valence-corrected chi connectivity index (χ2v) is 8.54. The average Bonchev–Trinajstić information content (AvgIpc) is 3.22. The maximum Gasteiger partial charge on any atom is 0.272 e. The fraction of sp³-hybridized carbons (Fsp3) is 0.150. The van der Waals surface area contributed by atoms with Crippen molar-refractivity contribution >= 4 is 50.1 Å². The number of methoxy groups -OCH3 is 1. The van der Waals surface area contributed by atoms with Crippen LogP contribution >= 0.6 is 27.3 Å². The fourth-order valence-electron chi connectivity index (χ4n) is 3.50. The van der Waals surface area contributed by atoms with Crippen LogP contribution in [-0.4, -0.2) is 24.3 Å². The Balaban J connectivity index is 1.65. The Kier molecular flexibility index (Phi) is 4.29. The molecule has 0 saturated heterocycles. The molecule has 9 heteroatoms. The maximum absolute atomic E-state index is 13.2. The Bertz CT molecular complexity index is 1340. The van der Waals surface area contributed by atoms with Gasteiger partial charge in [0.25, 0.3) is 11.5 Å². The first-order valence-electron chi connectivity index (χ1n) is 8.84. The van der Waals surface area contributed by atoms with Crippen molar-refractivity contribution in [2.24, 2.45) is 4.99 Å². The number of nitrogens with one attached hydrogen (secondary N) is 1. The SMILES string of the molecule is COc1ccc2c(c1)/C(=c1/sc3n(c1=O)CN(c1cccc(Br)c1)CN=3)C(=O)N2. The molecule has 2 aliphatic heterocycles. The maximum atomic E-state index is 13.2. The second kappa shape index (κ2) is 6.85. The summed E-state index contributed by atoms with van der Waals surface area (Å²) in [4.78, 5) is 33.0. The average molecular weight is 471 g/mol. The molecule has 2 aliphatic rings. The number of rotatable bonds is 2. The number of anilines is 2. The van der Waals surface area contributed by atoms with E-state index in [1.165, 1.54) is 11.3 Å². The number of aromatic nitrogens is 1. The first-order valence-corrected chi connectivity index (χ1v) is 10.4. The molecule has 3 heterocycles. The van der Waals surface area contributed by atoms with E-state index in [4.69, 9.17) is 4.74 Å². The Morgan fingerprint density at radius 3 is 2.86 bits per heavy atom. The summed E-state index contributed by atoms with van der Waals surface area (Å²) in [5, 5.41) is 2.83. The molecule has 2 aromatic carbocycles. The number of thiazole rings is 1. The number of ether oxygens (including phenoxy) is 1. The van der Waals surface area contributed by atoms with Crippen LogP contribution in [0, 0.1) is 0 Å². The van der Waals surface area contributed by atoms with E-state index in [-0.39, 0.29) is 11.5 Å². The van der Waals surface area contributed by atoms with Crippen LogP contribution in [0.25, 0.3) is 5.57 Å². The van der Waals surface area contributed by atoms with E-state index in [1.807, 2.05) is 29.2 Å². The highest BCUT2D eigenvalue weighted by Gasteiger charge is 2.28. The van der Waals surface area contributed by atoms with Crippen LogP contribution in [0.3, 0.4) is 0 Å². The number of hydrogen-bond donors (Lipinski definition) is 1. The van der Waals surface area contributed by atoms with Crippen molar-refractivity contribution in [1.29, 1.82) is 0 Å². The van der Waals surface area contributed by atoms with Crippen LogP contribution < -0.4 is 29.8 Å². The van der Waals surface area contributed by atoms with Gasteiger partial charge in [0.1, 0.15) is 23.6 Å². The highest BCUT2D eigenvalue weighted by atomic mass is 79.9. The number of benzene rings is 2. The normalized spacial score (nSPS) is 16.8. The Labute approximate surface area is 177 Å². The molecule has 29 heavy (non-hydrogen) atoms. The molecule has 0 spiro atoms. The van der Waals surface area contributed by atoms with Crippen molar-refractivity contribution in [2.75, 3.05) is 24.0 Å². The fourth-order valence-corrected chi connectivity index (χ4v) is 4.94. The van der Waals surface area contributed by atoms with Gasteiger partial charge in [0.15, 0.2) is 4.80 Å². The summed E-state index contributed by atoms with van der Waals surface area (Å²) in [7, 11) is 1.57. The molecule has 7 nitrogen and oxygen atoms in total. The van der Waals surface area contributed by atoms with E-state index < -0.39 is 0 Å². The number of carbonyl (C=O) groups excluding carboxylic acids is 1. The monoisotopic (exact) mass is 470 g/mol. The number of carbonyl (C=O) groups is 1. The Morgan fingerprint density at radius 2 is 2.07 bits per heavy atom. The summed E-state index contributed by atoms with van der Waals surface area (Å²) in [5.74, 6) is 0.345. The lowest BCUT2D eigenvalue weighted by molar-refractivity contribution is -0.110. The van der Waals surface area contributed by atoms with Crippen LogP contribution in [0.2, 0.25) is 0 Å². The van der Waals surface area contributed by atoms with E-state index in [0.29, 0.717) is 45.2 Å². The van der Waals surface area contributed by atoms with Crippen LogP contribution in [0.4, 0.5) is 11.4 Å². The second-order valence-electron chi connectivity index (χ2n) is 6.65. The minimum absolute atomic E-state index is 0.214.